The molecule has 0 aliphatic heterocycles. The van der Waals surface area contributed by atoms with E-state index in [-0.39, 0.29) is 11.3 Å². The van der Waals surface area contributed by atoms with Crippen LogP contribution in [0.2, 0.25) is 0 Å². The van der Waals surface area contributed by atoms with E-state index >= 15 is 0 Å². The normalized spacial score (nSPS) is 26.3. The topological polar surface area (TPSA) is 53.1 Å². The second kappa shape index (κ2) is 2.65. The van der Waals surface area contributed by atoms with Gasteiger partial charge in [0.2, 0.25) is 0 Å². The molecule has 1 heterocycles. The third-order valence-corrected chi connectivity index (χ3v) is 4.09. The first-order chi connectivity index (χ1) is 7.15. The van der Waals surface area contributed by atoms with E-state index in [2.05, 4.69) is 11.9 Å². The van der Waals surface area contributed by atoms with Crippen molar-refractivity contribution >= 4 is 5.97 Å². The highest BCUT2D eigenvalue weighted by molar-refractivity contribution is 5.74. The van der Waals surface area contributed by atoms with Gasteiger partial charge in [0.1, 0.15) is 0 Å². The molecule has 3 heteroatoms. The largest absolute Gasteiger partial charge is 0.481 e. The Bertz CT molecular complexity index is 429. The number of aromatic amines is 1. The molecule has 80 valence electrons. The summed E-state index contributed by atoms with van der Waals surface area (Å²) in [6.07, 6.45) is 5.81. The summed E-state index contributed by atoms with van der Waals surface area (Å²) in [6.45, 7) is 2.08. The van der Waals surface area contributed by atoms with Gasteiger partial charge in [-0.15, -0.1) is 0 Å². The van der Waals surface area contributed by atoms with Crippen molar-refractivity contribution in [2.75, 3.05) is 0 Å². The predicted octanol–water partition coefficient (Wildman–Crippen LogP) is 2.00. The van der Waals surface area contributed by atoms with Gasteiger partial charge in [0.25, 0.3) is 0 Å². The van der Waals surface area contributed by atoms with Crippen LogP contribution < -0.4 is 0 Å². The summed E-state index contributed by atoms with van der Waals surface area (Å²) < 4.78 is 0. The highest BCUT2D eigenvalue weighted by Gasteiger charge is 2.57. The molecule has 0 saturated heterocycles. The molecule has 3 nitrogen and oxygen atoms in total. The maximum atomic E-state index is 11.2. The lowest BCUT2D eigenvalue weighted by Gasteiger charge is -2.29. The molecule has 15 heavy (non-hydrogen) atoms. The first-order valence-corrected chi connectivity index (χ1v) is 5.55. The van der Waals surface area contributed by atoms with Crippen LogP contribution in [0.1, 0.15) is 36.1 Å². The van der Waals surface area contributed by atoms with E-state index in [9.17, 15) is 9.90 Å². The Morgan fingerprint density at radius 2 is 2.33 bits per heavy atom. The zero-order chi connectivity index (χ0) is 10.6. The predicted molar refractivity (Wildman–Crippen MR) is 55.9 cm³/mol. The molecule has 0 bridgehead atoms. The molecule has 1 fully saturated rings. The summed E-state index contributed by atoms with van der Waals surface area (Å²) in [5.74, 6) is -0.766. The summed E-state index contributed by atoms with van der Waals surface area (Å²) in [4.78, 5) is 14.5. The molecule has 1 saturated carbocycles. The molecule has 1 atom stereocenters. The minimum absolute atomic E-state index is 0.0104. The van der Waals surface area contributed by atoms with Crippen molar-refractivity contribution in [2.45, 2.75) is 38.0 Å². The lowest BCUT2D eigenvalue weighted by molar-refractivity contribution is -0.143. The summed E-state index contributed by atoms with van der Waals surface area (Å²) in [5, 5.41) is 9.26. The van der Waals surface area contributed by atoms with Gasteiger partial charge in [0.15, 0.2) is 0 Å². The Kier molecular flexibility index (Phi) is 1.59. The Morgan fingerprint density at radius 1 is 1.60 bits per heavy atom. The van der Waals surface area contributed by atoms with E-state index in [4.69, 9.17) is 0 Å². The van der Waals surface area contributed by atoms with E-state index in [1.54, 1.807) is 0 Å². The van der Waals surface area contributed by atoms with Gasteiger partial charge in [0.05, 0.1) is 5.92 Å². The van der Waals surface area contributed by atoms with Crippen LogP contribution in [0.3, 0.4) is 0 Å². The number of aliphatic carboxylic acids is 1. The van der Waals surface area contributed by atoms with Gasteiger partial charge < -0.3 is 10.1 Å². The molecule has 2 N–H and O–H groups in total. The maximum absolute atomic E-state index is 11.2. The number of nitrogens with one attached hydrogen (secondary N) is 1. The van der Waals surface area contributed by atoms with Crippen molar-refractivity contribution in [3.63, 3.8) is 0 Å². The number of carbonyl (C=O) groups is 1. The fourth-order valence-electron chi connectivity index (χ4n) is 3.30. The Balaban J connectivity index is 2.12. The van der Waals surface area contributed by atoms with Crippen LogP contribution in [-0.4, -0.2) is 16.1 Å². The number of rotatable bonds is 1. The number of carboxylic acids is 1. The molecule has 0 radical (unpaired) electrons. The number of fused-ring (bicyclic) bond motifs is 2. The van der Waals surface area contributed by atoms with Crippen LogP contribution in [-0.2, 0) is 16.6 Å². The highest BCUT2D eigenvalue weighted by atomic mass is 16.4. The molecule has 1 aromatic rings. The van der Waals surface area contributed by atoms with Crippen LogP contribution in [0.5, 0.6) is 0 Å². The van der Waals surface area contributed by atoms with Crippen LogP contribution in [0.25, 0.3) is 0 Å². The Labute approximate surface area is 88.5 Å². The second-order valence-corrected chi connectivity index (χ2v) is 4.91. The number of aryl methyl sites for hydroxylation is 2. The summed E-state index contributed by atoms with van der Waals surface area (Å²) in [7, 11) is 0. The monoisotopic (exact) mass is 205 g/mol. The smallest absolute Gasteiger partial charge is 0.307 e. The van der Waals surface area contributed by atoms with Crippen molar-refractivity contribution in [1.29, 1.82) is 0 Å². The van der Waals surface area contributed by atoms with Gasteiger partial charge in [-0.1, -0.05) is 0 Å². The quantitative estimate of drug-likeness (QED) is 0.736. The average Bonchev–Trinajstić information content (AvgIpc) is 2.85. The molecule has 2 aliphatic carbocycles. The van der Waals surface area contributed by atoms with Gasteiger partial charge in [-0.3, -0.25) is 4.79 Å². The number of H-pyrrole nitrogens is 1. The molecular weight excluding hydrogens is 190 g/mol. The van der Waals surface area contributed by atoms with E-state index in [1.807, 2.05) is 6.20 Å². The molecular formula is C12H15NO2. The SMILES string of the molecule is Cc1c[nH]c2c1C1(CC1)C(C(=O)O)CC2. The van der Waals surface area contributed by atoms with E-state index < -0.39 is 5.97 Å². The molecule has 3 rings (SSSR count). The lowest BCUT2D eigenvalue weighted by Crippen LogP contribution is -2.33. The summed E-state index contributed by atoms with van der Waals surface area (Å²) in [5.41, 5.74) is 3.83. The maximum Gasteiger partial charge on any atom is 0.307 e. The average molecular weight is 205 g/mol. The van der Waals surface area contributed by atoms with Crippen LogP contribution >= 0.6 is 0 Å². The van der Waals surface area contributed by atoms with Gasteiger partial charge >= 0.3 is 5.97 Å². The standard InChI is InChI=1S/C12H15NO2/c1-7-6-13-9-3-2-8(11(14)15)12(4-5-12)10(7)9/h6,8,13H,2-5H2,1H3,(H,14,15). The van der Waals surface area contributed by atoms with E-state index in [1.165, 1.54) is 16.8 Å². The zero-order valence-electron chi connectivity index (χ0n) is 8.84. The molecule has 1 spiro atoms. The van der Waals surface area contributed by atoms with E-state index in [0.29, 0.717) is 0 Å². The molecule has 0 aromatic carbocycles. The van der Waals surface area contributed by atoms with Crippen molar-refractivity contribution in [1.82, 2.24) is 4.98 Å². The van der Waals surface area contributed by atoms with Crippen molar-refractivity contribution < 1.29 is 9.90 Å². The Morgan fingerprint density at radius 3 is 2.93 bits per heavy atom. The van der Waals surface area contributed by atoms with Gasteiger partial charge in [0, 0.05) is 17.3 Å². The highest BCUT2D eigenvalue weighted by Crippen LogP contribution is 2.59. The first-order valence-electron chi connectivity index (χ1n) is 5.55. The minimum Gasteiger partial charge on any atom is -0.481 e. The minimum atomic E-state index is -0.612. The number of hydrogen-bond acceptors (Lipinski definition) is 1. The molecule has 1 aromatic heterocycles. The third-order valence-electron chi connectivity index (χ3n) is 4.09. The van der Waals surface area contributed by atoms with Crippen LogP contribution in [0.4, 0.5) is 0 Å². The lowest BCUT2D eigenvalue weighted by atomic mass is 9.73. The Hall–Kier alpha value is -1.25. The molecule has 2 aliphatic rings. The number of carboxylic acid groups (broad SMARTS) is 1. The van der Waals surface area contributed by atoms with Crippen LogP contribution in [0, 0.1) is 12.8 Å². The fourth-order valence-corrected chi connectivity index (χ4v) is 3.30. The third kappa shape index (κ3) is 1.03. The van der Waals surface area contributed by atoms with E-state index in [0.717, 1.165) is 25.7 Å². The van der Waals surface area contributed by atoms with Gasteiger partial charge in [-0.2, -0.15) is 0 Å². The van der Waals surface area contributed by atoms with Crippen LogP contribution in [0.15, 0.2) is 6.20 Å². The van der Waals surface area contributed by atoms with Crippen molar-refractivity contribution in [3.05, 3.63) is 23.0 Å². The first kappa shape index (κ1) is 9.01. The molecule has 1 unspecified atom stereocenters. The van der Waals surface area contributed by atoms with Gasteiger partial charge in [-0.25, -0.2) is 0 Å². The fraction of sp³-hybridized carbons (Fsp3) is 0.583. The summed E-state index contributed by atoms with van der Waals surface area (Å²) in [6, 6.07) is 0. The van der Waals surface area contributed by atoms with Gasteiger partial charge in [-0.05, 0) is 43.7 Å². The zero-order valence-corrected chi connectivity index (χ0v) is 8.84. The second-order valence-electron chi connectivity index (χ2n) is 4.91. The van der Waals surface area contributed by atoms with Crippen molar-refractivity contribution in [3.8, 4) is 0 Å². The molecule has 0 amide bonds. The number of aromatic nitrogens is 1. The summed E-state index contributed by atoms with van der Waals surface area (Å²) >= 11 is 0. The van der Waals surface area contributed by atoms with Crippen molar-refractivity contribution in [2.24, 2.45) is 5.92 Å². The number of hydrogen-bond donors (Lipinski definition) is 2.